The summed E-state index contributed by atoms with van der Waals surface area (Å²) >= 11 is 0. The second-order valence-electron chi connectivity index (χ2n) is 12.4. The van der Waals surface area contributed by atoms with Gasteiger partial charge < -0.3 is 30.6 Å². The van der Waals surface area contributed by atoms with E-state index in [0.717, 1.165) is 22.7 Å². The fraction of sp³-hybridized carbons (Fsp3) is 0.394. The van der Waals surface area contributed by atoms with E-state index in [4.69, 9.17) is 4.74 Å². The van der Waals surface area contributed by atoms with Crippen molar-refractivity contribution in [2.75, 3.05) is 30.9 Å². The molecule has 0 radical (unpaired) electrons. The van der Waals surface area contributed by atoms with E-state index in [0.29, 0.717) is 29.7 Å². The van der Waals surface area contributed by atoms with Crippen LogP contribution in [0.2, 0.25) is 0 Å². The van der Waals surface area contributed by atoms with E-state index >= 15 is 0 Å². The summed E-state index contributed by atoms with van der Waals surface area (Å²) in [5.74, 6) is -0.587. The van der Waals surface area contributed by atoms with E-state index in [1.165, 1.54) is 13.4 Å². The van der Waals surface area contributed by atoms with Crippen LogP contribution in [-0.2, 0) is 14.4 Å². The number of benzene rings is 2. The Morgan fingerprint density at radius 2 is 1.89 bits per heavy atom. The minimum Gasteiger partial charge on any atom is -0.494 e. The number of aromatic nitrogens is 4. The highest BCUT2D eigenvalue weighted by molar-refractivity contribution is 6.20. The molecular weight excluding hydrogens is 586 g/mol. The average molecular weight is 628 g/mol. The number of likely N-dealkylation sites (N-methyl/N-ethyl adjacent to an activating group) is 1. The van der Waals surface area contributed by atoms with E-state index < -0.39 is 35.4 Å². The number of carbonyl (C=O) groups is 3. The summed E-state index contributed by atoms with van der Waals surface area (Å²) < 4.78 is 7.65. The molecule has 1 saturated heterocycles. The SMILES string of the molecule is CN[C@@H](C)C(=O)N[C@H](C(=O)N(C(=O)[C@@H]1CCCN1)c1cc2c(Nc3ccc(-n4ccnc4)cc3)ncnc2cc1OC)C(C)(C)C. The molecule has 0 unspecified atom stereocenters. The van der Waals surface area contributed by atoms with Gasteiger partial charge in [-0.1, -0.05) is 20.8 Å². The minimum atomic E-state index is -1.03. The lowest BCUT2D eigenvalue weighted by molar-refractivity contribution is -0.134. The number of hydrogen-bond acceptors (Lipinski definition) is 10. The van der Waals surface area contributed by atoms with Gasteiger partial charge in [0.1, 0.15) is 23.9 Å². The number of anilines is 3. The van der Waals surface area contributed by atoms with Gasteiger partial charge in [-0.25, -0.2) is 19.9 Å². The number of fused-ring (bicyclic) bond motifs is 1. The molecule has 13 heteroatoms. The van der Waals surface area contributed by atoms with Crippen molar-refractivity contribution in [3.63, 3.8) is 0 Å². The molecular formula is C33H41N9O4. The van der Waals surface area contributed by atoms with Crippen LogP contribution in [0, 0.1) is 5.41 Å². The molecule has 2 aromatic carbocycles. The number of imidazole rings is 1. The van der Waals surface area contributed by atoms with Crippen molar-refractivity contribution in [2.24, 2.45) is 5.41 Å². The van der Waals surface area contributed by atoms with Crippen LogP contribution < -0.4 is 30.9 Å². The van der Waals surface area contributed by atoms with Crippen molar-refractivity contribution in [2.45, 2.75) is 58.7 Å². The maximum atomic E-state index is 14.6. The van der Waals surface area contributed by atoms with Gasteiger partial charge in [-0.05, 0) is 69.1 Å². The van der Waals surface area contributed by atoms with E-state index in [2.05, 4.69) is 36.2 Å². The third-order valence-corrected chi connectivity index (χ3v) is 8.13. The predicted molar refractivity (Wildman–Crippen MR) is 176 cm³/mol. The summed E-state index contributed by atoms with van der Waals surface area (Å²) in [5, 5.41) is 12.9. The molecule has 0 spiro atoms. The average Bonchev–Trinajstić information content (AvgIpc) is 3.78. The number of methoxy groups -OCH3 is 1. The lowest BCUT2D eigenvalue weighted by Gasteiger charge is -2.36. The zero-order valence-electron chi connectivity index (χ0n) is 27.0. The van der Waals surface area contributed by atoms with Crippen molar-refractivity contribution in [1.29, 1.82) is 0 Å². The number of hydrogen-bond donors (Lipinski definition) is 4. The van der Waals surface area contributed by atoms with Crippen LogP contribution in [0.25, 0.3) is 16.6 Å². The summed E-state index contributed by atoms with van der Waals surface area (Å²) in [6.45, 7) is 7.91. The molecule has 3 atom stereocenters. The molecule has 2 aromatic heterocycles. The predicted octanol–water partition coefficient (Wildman–Crippen LogP) is 3.32. The Morgan fingerprint density at radius 1 is 1.13 bits per heavy atom. The fourth-order valence-electron chi connectivity index (χ4n) is 5.35. The van der Waals surface area contributed by atoms with Gasteiger partial charge >= 0.3 is 0 Å². The van der Waals surface area contributed by atoms with Crippen molar-refractivity contribution in [3.8, 4) is 11.4 Å². The summed E-state index contributed by atoms with van der Waals surface area (Å²) in [7, 11) is 3.15. The molecule has 46 heavy (non-hydrogen) atoms. The maximum absolute atomic E-state index is 14.6. The van der Waals surface area contributed by atoms with Crippen LogP contribution in [0.4, 0.5) is 17.2 Å². The zero-order chi connectivity index (χ0) is 33.0. The van der Waals surface area contributed by atoms with Gasteiger partial charge in [-0.3, -0.25) is 14.4 Å². The summed E-state index contributed by atoms with van der Waals surface area (Å²) in [5.41, 5.74) is 1.77. The maximum Gasteiger partial charge on any atom is 0.257 e. The van der Waals surface area contributed by atoms with Crippen LogP contribution in [0.15, 0.2) is 61.4 Å². The Hall–Kier alpha value is -4.88. The largest absolute Gasteiger partial charge is 0.494 e. The van der Waals surface area contributed by atoms with E-state index in [-0.39, 0.29) is 17.3 Å². The highest BCUT2D eigenvalue weighted by atomic mass is 16.5. The van der Waals surface area contributed by atoms with Gasteiger partial charge in [0.15, 0.2) is 0 Å². The Labute approximate surface area is 268 Å². The van der Waals surface area contributed by atoms with Crippen LogP contribution in [-0.4, -0.2) is 76.1 Å². The van der Waals surface area contributed by atoms with Crippen LogP contribution in [0.5, 0.6) is 5.75 Å². The standard InChI is InChI=1S/C33H41N9O4/c1-20(34-5)30(43)40-28(33(2,3)4)32(45)42(31(44)24-8-7-13-36-24)26-16-23-25(17-27(26)46-6)37-18-38-29(23)39-21-9-11-22(12-10-21)41-15-14-35-19-41/h9-12,14-20,24,28,34,36H,7-8,13H2,1-6H3,(H,40,43)(H,37,38,39)/t20-,24-,28+/m0/s1. The Morgan fingerprint density at radius 3 is 2.50 bits per heavy atom. The normalized spacial score (nSPS) is 16.1. The summed E-state index contributed by atoms with van der Waals surface area (Å²) in [4.78, 5) is 56.0. The first-order valence-electron chi connectivity index (χ1n) is 15.3. The van der Waals surface area contributed by atoms with Crippen LogP contribution in [0.1, 0.15) is 40.5 Å². The first-order valence-corrected chi connectivity index (χ1v) is 15.3. The lowest BCUT2D eigenvalue weighted by atomic mass is 9.85. The quantitative estimate of drug-likeness (QED) is 0.206. The molecule has 4 aromatic rings. The van der Waals surface area contributed by atoms with Gasteiger partial charge in [0.25, 0.3) is 11.8 Å². The molecule has 1 aliphatic heterocycles. The topological polar surface area (TPSA) is 155 Å². The molecule has 3 heterocycles. The first-order chi connectivity index (χ1) is 22.0. The lowest BCUT2D eigenvalue weighted by Crippen LogP contribution is -2.60. The Kier molecular flexibility index (Phi) is 9.63. The Bertz CT molecular complexity index is 1690. The number of nitrogens with zero attached hydrogens (tertiary/aromatic N) is 5. The summed E-state index contributed by atoms with van der Waals surface area (Å²) in [6.07, 6.45) is 8.12. The van der Waals surface area contributed by atoms with Gasteiger partial charge in [-0.15, -0.1) is 0 Å². The molecule has 0 aliphatic carbocycles. The Balaban J connectivity index is 1.59. The van der Waals surface area contributed by atoms with Gasteiger partial charge in [0, 0.05) is 35.2 Å². The van der Waals surface area contributed by atoms with Crippen molar-refractivity contribution < 1.29 is 19.1 Å². The highest BCUT2D eigenvalue weighted by Crippen LogP contribution is 2.37. The molecule has 13 nitrogen and oxygen atoms in total. The molecule has 0 saturated carbocycles. The minimum absolute atomic E-state index is 0.233. The molecule has 0 bridgehead atoms. The van der Waals surface area contributed by atoms with Crippen molar-refractivity contribution in [1.82, 2.24) is 35.5 Å². The second kappa shape index (κ2) is 13.6. The van der Waals surface area contributed by atoms with Crippen LogP contribution in [0.3, 0.4) is 0 Å². The van der Waals surface area contributed by atoms with Gasteiger partial charge in [-0.2, -0.15) is 0 Å². The third-order valence-electron chi connectivity index (χ3n) is 8.13. The van der Waals surface area contributed by atoms with Crippen molar-refractivity contribution in [3.05, 3.63) is 61.4 Å². The number of imide groups is 1. The molecule has 242 valence electrons. The van der Waals surface area contributed by atoms with Crippen LogP contribution >= 0.6 is 0 Å². The third kappa shape index (κ3) is 6.85. The zero-order valence-corrected chi connectivity index (χ0v) is 27.0. The first kappa shape index (κ1) is 32.5. The number of nitrogens with one attached hydrogen (secondary N) is 4. The number of ether oxygens (including phenoxy) is 1. The smallest absolute Gasteiger partial charge is 0.257 e. The molecule has 3 amide bonds. The van der Waals surface area contributed by atoms with E-state index in [1.54, 1.807) is 38.6 Å². The van der Waals surface area contributed by atoms with E-state index in [1.807, 2.05) is 55.8 Å². The number of carbonyl (C=O) groups excluding carboxylic acids is 3. The van der Waals surface area contributed by atoms with Gasteiger partial charge in [0.05, 0.1) is 36.7 Å². The molecule has 5 rings (SSSR count). The molecule has 4 N–H and O–H groups in total. The number of amides is 3. The van der Waals surface area contributed by atoms with Crippen molar-refractivity contribution >= 4 is 45.8 Å². The second-order valence-corrected chi connectivity index (χ2v) is 12.4. The number of rotatable bonds is 10. The molecule has 1 fully saturated rings. The monoisotopic (exact) mass is 627 g/mol. The van der Waals surface area contributed by atoms with E-state index in [9.17, 15) is 14.4 Å². The fourth-order valence-corrected chi connectivity index (χ4v) is 5.35. The summed E-state index contributed by atoms with van der Waals surface area (Å²) in [6, 6.07) is 8.96. The van der Waals surface area contributed by atoms with Gasteiger partial charge in [0.2, 0.25) is 5.91 Å². The highest BCUT2D eigenvalue weighted by Gasteiger charge is 2.42. The molecule has 1 aliphatic rings.